The Hall–Kier alpha value is -8.74. The first-order valence-corrected chi connectivity index (χ1v) is 21.7. The lowest BCUT2D eigenvalue weighted by Crippen LogP contribution is -2.01. The summed E-state index contributed by atoms with van der Waals surface area (Å²) in [7, 11) is 0. The fraction of sp³-hybridized carbons (Fsp3) is 0. The van der Waals surface area contributed by atoms with E-state index in [0.717, 1.165) is 61.7 Å². The van der Waals surface area contributed by atoms with Crippen molar-refractivity contribution in [3.05, 3.63) is 219 Å². The van der Waals surface area contributed by atoms with E-state index < -0.39 is 0 Å². The zero-order valence-corrected chi connectivity index (χ0v) is 34.5. The lowest BCUT2D eigenvalue weighted by Gasteiger charge is -2.13. The molecular weight excluding hydrogens is 781 g/mol. The third kappa shape index (κ3) is 4.85. The number of aromatic nitrogens is 6. The van der Waals surface area contributed by atoms with Gasteiger partial charge in [-0.05, 0) is 72.8 Å². The van der Waals surface area contributed by atoms with Crippen LogP contribution in [0.2, 0.25) is 0 Å². The van der Waals surface area contributed by atoms with Crippen molar-refractivity contribution in [1.82, 2.24) is 28.2 Å². The molecule has 64 heavy (non-hydrogen) atoms. The molecule has 6 heteroatoms. The van der Waals surface area contributed by atoms with Gasteiger partial charge in [-0.25, -0.2) is 4.98 Å². The molecule has 298 valence electrons. The number of nitrogens with zero attached hydrogens (tertiary/aromatic N) is 6. The van der Waals surface area contributed by atoms with Crippen LogP contribution in [-0.2, 0) is 0 Å². The van der Waals surface area contributed by atoms with Gasteiger partial charge in [0.2, 0.25) is 0 Å². The topological polar surface area (TPSA) is 45.5 Å². The molecule has 0 aliphatic heterocycles. The molecule has 0 bridgehead atoms. The Kier molecular flexibility index (Phi) is 7.30. The van der Waals surface area contributed by atoms with Gasteiger partial charge in [-0.3, -0.25) is 9.55 Å². The van der Waals surface area contributed by atoms with Crippen molar-refractivity contribution >= 4 is 87.2 Å². The smallest absolute Gasteiger partial charge is 0.138 e. The molecule has 0 radical (unpaired) electrons. The van der Waals surface area contributed by atoms with Gasteiger partial charge in [-0.15, -0.1) is 0 Å². The molecule has 0 unspecified atom stereocenters. The van der Waals surface area contributed by atoms with Crippen molar-refractivity contribution < 1.29 is 0 Å². The lowest BCUT2D eigenvalue weighted by atomic mass is 10.1. The number of fused-ring (bicyclic) bond motifs is 14. The quantitative estimate of drug-likeness (QED) is 0.174. The summed E-state index contributed by atoms with van der Waals surface area (Å²) in [6, 6.07) is 74.0. The molecule has 0 saturated heterocycles. The summed E-state index contributed by atoms with van der Waals surface area (Å²) in [4.78, 5) is 10.3. The minimum atomic E-state index is 0.838. The molecule has 14 rings (SSSR count). The van der Waals surface area contributed by atoms with Gasteiger partial charge in [0.05, 0.1) is 61.7 Å². The van der Waals surface area contributed by atoms with Crippen LogP contribution in [-0.4, -0.2) is 28.2 Å². The highest BCUT2D eigenvalue weighted by Gasteiger charge is 2.23. The molecule has 0 aliphatic rings. The molecule has 0 spiro atoms. The second-order valence-electron chi connectivity index (χ2n) is 16.6. The van der Waals surface area contributed by atoms with Crippen molar-refractivity contribution in [3.8, 4) is 34.1 Å². The van der Waals surface area contributed by atoms with Gasteiger partial charge in [0, 0.05) is 66.2 Å². The SMILES string of the molecule is c1ccc(-n2c3ccccc3c3ccc4c5ccccc5n(-c5ccc(-c6ccnc(-n7c8ccccc8c8ccc9c%10ccccc%10n(-c%10ccccc%10)c9c87)c6)nc5)c4c32)cc1. The fourth-order valence-electron chi connectivity index (χ4n) is 10.6. The Morgan fingerprint density at radius 2 is 0.672 bits per heavy atom. The number of hydrogen-bond donors (Lipinski definition) is 0. The van der Waals surface area contributed by atoms with Gasteiger partial charge in [-0.2, -0.15) is 0 Å². The Balaban J connectivity index is 0.976. The van der Waals surface area contributed by atoms with Crippen molar-refractivity contribution in [2.75, 3.05) is 0 Å². The third-order valence-electron chi connectivity index (χ3n) is 13.2. The molecule has 14 aromatic rings. The predicted molar refractivity (Wildman–Crippen MR) is 265 cm³/mol. The molecule has 6 heterocycles. The molecule has 6 nitrogen and oxygen atoms in total. The minimum absolute atomic E-state index is 0.838. The number of rotatable bonds is 5. The highest BCUT2D eigenvalue weighted by molar-refractivity contribution is 6.25. The fourth-order valence-corrected chi connectivity index (χ4v) is 10.6. The van der Waals surface area contributed by atoms with E-state index in [-0.39, 0.29) is 0 Å². The van der Waals surface area contributed by atoms with Gasteiger partial charge in [-0.1, -0.05) is 133 Å². The molecule has 8 aromatic carbocycles. The Morgan fingerprint density at radius 1 is 0.281 bits per heavy atom. The number of para-hydroxylation sites is 6. The zero-order valence-electron chi connectivity index (χ0n) is 34.5. The Labute approximate surface area is 366 Å². The molecular formula is C58H36N6. The lowest BCUT2D eigenvalue weighted by molar-refractivity contribution is 1.07. The van der Waals surface area contributed by atoms with E-state index in [1.807, 2.05) is 12.4 Å². The first-order chi connectivity index (χ1) is 31.8. The highest BCUT2D eigenvalue weighted by Crippen LogP contribution is 2.44. The molecule has 0 fully saturated rings. The van der Waals surface area contributed by atoms with E-state index in [1.54, 1.807) is 0 Å². The summed E-state index contributed by atoms with van der Waals surface area (Å²) < 4.78 is 9.58. The maximum atomic E-state index is 5.23. The molecule has 6 aromatic heterocycles. The second kappa shape index (κ2) is 13.4. The standard InChI is InChI=1S/C58H36N6/c1-3-15-38(16-4-1)61-50-23-11-7-19-41(50)45-28-29-46-43-21-9-13-25-52(43)63(56(46)55(45)61)40-27-32-49(60-36-40)37-33-34-59-54(35-37)64-53-26-14-10-22-44(53)48-31-30-47-42-20-8-12-24-51(42)62(57(47)58(48)64)39-17-5-2-6-18-39/h1-36H. The van der Waals surface area contributed by atoms with Crippen molar-refractivity contribution in [3.63, 3.8) is 0 Å². The van der Waals surface area contributed by atoms with Crippen LogP contribution in [0.1, 0.15) is 0 Å². The normalized spacial score (nSPS) is 12.1. The van der Waals surface area contributed by atoms with Crippen LogP contribution in [0.25, 0.3) is 121 Å². The average Bonchev–Trinajstić information content (AvgIpc) is 4.10. The second-order valence-corrected chi connectivity index (χ2v) is 16.6. The maximum Gasteiger partial charge on any atom is 0.138 e. The van der Waals surface area contributed by atoms with Crippen LogP contribution in [0.15, 0.2) is 219 Å². The van der Waals surface area contributed by atoms with Crippen LogP contribution in [0, 0.1) is 0 Å². The van der Waals surface area contributed by atoms with Crippen LogP contribution in [0.3, 0.4) is 0 Å². The summed E-state index contributed by atoms with van der Waals surface area (Å²) in [5.41, 5.74) is 14.3. The van der Waals surface area contributed by atoms with Crippen LogP contribution in [0.5, 0.6) is 0 Å². The summed E-state index contributed by atoms with van der Waals surface area (Å²) in [6.45, 7) is 0. The van der Waals surface area contributed by atoms with Crippen molar-refractivity contribution in [1.29, 1.82) is 0 Å². The van der Waals surface area contributed by atoms with E-state index in [0.29, 0.717) is 0 Å². The van der Waals surface area contributed by atoms with Gasteiger partial charge < -0.3 is 13.7 Å². The summed E-state index contributed by atoms with van der Waals surface area (Å²) >= 11 is 0. The predicted octanol–water partition coefficient (Wildman–Crippen LogP) is 14.5. The van der Waals surface area contributed by atoms with Gasteiger partial charge in [0.25, 0.3) is 0 Å². The molecule has 0 N–H and O–H groups in total. The Bertz CT molecular complexity index is 4170. The molecule has 0 aliphatic carbocycles. The average molecular weight is 817 g/mol. The number of benzene rings is 8. The van der Waals surface area contributed by atoms with Crippen molar-refractivity contribution in [2.45, 2.75) is 0 Å². The molecule has 0 saturated carbocycles. The first kappa shape index (κ1) is 34.9. The number of pyridine rings is 2. The van der Waals surface area contributed by atoms with Crippen molar-refractivity contribution in [2.24, 2.45) is 0 Å². The van der Waals surface area contributed by atoms with Gasteiger partial charge in [0.15, 0.2) is 0 Å². The van der Waals surface area contributed by atoms with Crippen LogP contribution >= 0.6 is 0 Å². The summed E-state index contributed by atoms with van der Waals surface area (Å²) in [5, 5.41) is 9.66. The summed E-state index contributed by atoms with van der Waals surface area (Å²) in [6.07, 6.45) is 3.94. The number of hydrogen-bond acceptors (Lipinski definition) is 2. The maximum absolute atomic E-state index is 5.23. The Morgan fingerprint density at radius 3 is 1.11 bits per heavy atom. The molecule has 0 atom stereocenters. The van der Waals surface area contributed by atoms with Crippen LogP contribution < -0.4 is 0 Å². The third-order valence-corrected chi connectivity index (χ3v) is 13.2. The summed E-state index contributed by atoms with van der Waals surface area (Å²) in [5.74, 6) is 0.838. The van der Waals surface area contributed by atoms with E-state index >= 15 is 0 Å². The largest absolute Gasteiger partial charge is 0.307 e. The van der Waals surface area contributed by atoms with E-state index in [4.69, 9.17) is 9.97 Å². The van der Waals surface area contributed by atoms with E-state index in [1.165, 1.54) is 59.6 Å². The van der Waals surface area contributed by atoms with Gasteiger partial charge >= 0.3 is 0 Å². The first-order valence-electron chi connectivity index (χ1n) is 21.7. The van der Waals surface area contributed by atoms with E-state index in [2.05, 4.69) is 225 Å². The monoisotopic (exact) mass is 816 g/mol. The van der Waals surface area contributed by atoms with E-state index in [9.17, 15) is 0 Å². The molecule has 0 amide bonds. The highest BCUT2D eigenvalue weighted by atomic mass is 15.1. The van der Waals surface area contributed by atoms with Gasteiger partial charge in [0.1, 0.15) is 5.82 Å². The van der Waals surface area contributed by atoms with Crippen LogP contribution in [0.4, 0.5) is 0 Å². The zero-order chi connectivity index (χ0) is 41.9. The minimum Gasteiger partial charge on any atom is -0.307 e.